The van der Waals surface area contributed by atoms with Gasteiger partial charge in [0, 0.05) is 22.7 Å². The van der Waals surface area contributed by atoms with Gasteiger partial charge < -0.3 is 4.74 Å². The molecule has 2 aromatic rings. The predicted octanol–water partition coefficient (Wildman–Crippen LogP) is 3.65. The van der Waals surface area contributed by atoms with E-state index in [9.17, 15) is 0 Å². The molecule has 0 aliphatic rings. The van der Waals surface area contributed by atoms with Gasteiger partial charge in [0.25, 0.3) is 0 Å². The van der Waals surface area contributed by atoms with E-state index in [1.54, 1.807) is 13.3 Å². The molecule has 3 heteroatoms. The normalized spacial score (nSPS) is 10.1. The van der Waals surface area contributed by atoms with E-state index in [4.69, 9.17) is 4.74 Å². The molecule has 0 fully saturated rings. The Morgan fingerprint density at radius 3 is 2.56 bits per heavy atom. The second-order valence-electron chi connectivity index (χ2n) is 3.37. The van der Waals surface area contributed by atoms with Gasteiger partial charge in [-0.25, -0.2) is 0 Å². The van der Waals surface area contributed by atoms with Gasteiger partial charge in [-0.05, 0) is 5.56 Å². The monoisotopic (exact) mass is 277 g/mol. The highest BCUT2D eigenvalue weighted by Gasteiger charge is 2.09. The van der Waals surface area contributed by atoms with Gasteiger partial charge in [-0.1, -0.05) is 46.3 Å². The molecule has 0 aliphatic carbocycles. The van der Waals surface area contributed by atoms with Crippen LogP contribution in [0.15, 0.2) is 42.7 Å². The van der Waals surface area contributed by atoms with Crippen molar-refractivity contribution >= 4 is 15.9 Å². The van der Waals surface area contributed by atoms with Crippen LogP contribution in [0, 0.1) is 0 Å². The number of hydrogen-bond donors (Lipinski definition) is 0. The quantitative estimate of drug-likeness (QED) is 0.799. The molecule has 2 nitrogen and oxygen atoms in total. The van der Waals surface area contributed by atoms with E-state index in [1.165, 1.54) is 0 Å². The van der Waals surface area contributed by atoms with Crippen LogP contribution in [-0.2, 0) is 5.33 Å². The summed E-state index contributed by atoms with van der Waals surface area (Å²) in [5.41, 5.74) is 3.39. The van der Waals surface area contributed by atoms with Gasteiger partial charge in [-0.15, -0.1) is 0 Å². The highest BCUT2D eigenvalue weighted by atomic mass is 79.9. The van der Waals surface area contributed by atoms with Crippen molar-refractivity contribution in [3.63, 3.8) is 0 Å². The van der Waals surface area contributed by atoms with Crippen molar-refractivity contribution in [1.29, 1.82) is 0 Å². The van der Waals surface area contributed by atoms with Crippen molar-refractivity contribution < 1.29 is 4.74 Å². The number of benzene rings is 1. The minimum absolute atomic E-state index is 0.753. The summed E-state index contributed by atoms with van der Waals surface area (Å²) in [6.45, 7) is 0. The Kier molecular flexibility index (Phi) is 3.57. The number of hydrogen-bond acceptors (Lipinski definition) is 2. The summed E-state index contributed by atoms with van der Waals surface area (Å²) >= 11 is 3.49. The van der Waals surface area contributed by atoms with E-state index in [0.717, 1.165) is 27.8 Å². The third kappa shape index (κ3) is 2.09. The molecule has 0 radical (unpaired) electrons. The summed E-state index contributed by atoms with van der Waals surface area (Å²) in [6, 6.07) is 10.2. The number of alkyl halides is 1. The van der Waals surface area contributed by atoms with Crippen LogP contribution < -0.4 is 4.74 Å². The number of nitrogens with zero attached hydrogens (tertiary/aromatic N) is 1. The largest absolute Gasteiger partial charge is 0.495 e. The molecular formula is C13H12BrNO. The van der Waals surface area contributed by atoms with E-state index >= 15 is 0 Å². The molecule has 0 saturated carbocycles. The predicted molar refractivity (Wildman–Crippen MR) is 68.9 cm³/mol. The summed E-state index contributed by atoms with van der Waals surface area (Å²) < 4.78 is 5.31. The van der Waals surface area contributed by atoms with Gasteiger partial charge in [0.2, 0.25) is 0 Å². The Labute approximate surface area is 103 Å². The first-order chi connectivity index (χ1) is 7.86. The van der Waals surface area contributed by atoms with Gasteiger partial charge in [0.05, 0.1) is 13.3 Å². The molecule has 0 unspecified atom stereocenters. The van der Waals surface area contributed by atoms with Crippen molar-refractivity contribution in [3.8, 4) is 16.9 Å². The molecular weight excluding hydrogens is 266 g/mol. The number of halogens is 1. The molecule has 0 aliphatic heterocycles. The van der Waals surface area contributed by atoms with Gasteiger partial charge in [-0.3, -0.25) is 4.98 Å². The highest BCUT2D eigenvalue weighted by Crippen LogP contribution is 2.30. The first-order valence-corrected chi connectivity index (χ1v) is 6.11. The molecule has 0 amide bonds. The zero-order chi connectivity index (χ0) is 11.4. The maximum Gasteiger partial charge on any atom is 0.141 e. The molecule has 0 spiro atoms. The molecule has 0 saturated heterocycles. The minimum Gasteiger partial charge on any atom is -0.495 e. The van der Waals surface area contributed by atoms with Crippen LogP contribution in [0.3, 0.4) is 0 Å². The first-order valence-electron chi connectivity index (χ1n) is 4.99. The SMILES string of the molecule is COc1cncc(-c2ccccc2)c1CBr. The smallest absolute Gasteiger partial charge is 0.141 e. The highest BCUT2D eigenvalue weighted by molar-refractivity contribution is 9.08. The van der Waals surface area contributed by atoms with E-state index in [1.807, 2.05) is 24.4 Å². The minimum atomic E-state index is 0.753. The number of methoxy groups -OCH3 is 1. The average molecular weight is 278 g/mol. The summed E-state index contributed by atoms with van der Waals surface area (Å²) in [5, 5.41) is 0.753. The van der Waals surface area contributed by atoms with Crippen molar-refractivity contribution in [2.45, 2.75) is 5.33 Å². The van der Waals surface area contributed by atoms with E-state index in [-0.39, 0.29) is 0 Å². The van der Waals surface area contributed by atoms with Crippen LogP contribution in [0.5, 0.6) is 5.75 Å². The molecule has 16 heavy (non-hydrogen) atoms. The maximum atomic E-state index is 5.31. The Bertz CT molecular complexity index is 471. The molecule has 0 bridgehead atoms. The Hall–Kier alpha value is -1.35. The molecule has 0 atom stereocenters. The molecule has 2 rings (SSSR count). The number of aromatic nitrogens is 1. The molecule has 1 aromatic carbocycles. The lowest BCUT2D eigenvalue weighted by Gasteiger charge is -2.11. The zero-order valence-corrected chi connectivity index (χ0v) is 10.6. The van der Waals surface area contributed by atoms with Crippen molar-refractivity contribution in [2.24, 2.45) is 0 Å². The Morgan fingerprint density at radius 2 is 1.94 bits per heavy atom. The van der Waals surface area contributed by atoms with Gasteiger partial charge in [0.15, 0.2) is 0 Å². The van der Waals surface area contributed by atoms with Gasteiger partial charge >= 0.3 is 0 Å². The third-order valence-electron chi connectivity index (χ3n) is 2.46. The van der Waals surface area contributed by atoms with Gasteiger partial charge in [-0.2, -0.15) is 0 Å². The Balaban J connectivity index is 2.57. The number of pyridine rings is 1. The molecule has 1 aromatic heterocycles. The fraction of sp³-hybridized carbons (Fsp3) is 0.154. The lowest BCUT2D eigenvalue weighted by Crippen LogP contribution is -1.94. The van der Waals surface area contributed by atoms with Crippen molar-refractivity contribution in [2.75, 3.05) is 7.11 Å². The van der Waals surface area contributed by atoms with Gasteiger partial charge in [0.1, 0.15) is 5.75 Å². The first kappa shape index (κ1) is 11.1. The third-order valence-corrected chi connectivity index (χ3v) is 3.02. The summed E-state index contributed by atoms with van der Waals surface area (Å²) in [7, 11) is 1.66. The molecule has 82 valence electrons. The van der Waals surface area contributed by atoms with Crippen LogP contribution in [0.2, 0.25) is 0 Å². The molecule has 0 N–H and O–H groups in total. The lowest BCUT2D eigenvalue weighted by atomic mass is 10.0. The Morgan fingerprint density at radius 1 is 1.19 bits per heavy atom. The summed E-state index contributed by atoms with van der Waals surface area (Å²) in [4.78, 5) is 4.19. The standard InChI is InChI=1S/C13H12BrNO/c1-16-13-9-15-8-12(11(13)7-14)10-5-3-2-4-6-10/h2-6,8-9H,7H2,1H3. The summed E-state index contributed by atoms with van der Waals surface area (Å²) in [5.74, 6) is 0.818. The van der Waals surface area contributed by atoms with Crippen molar-refractivity contribution in [3.05, 3.63) is 48.3 Å². The maximum absolute atomic E-state index is 5.31. The lowest BCUT2D eigenvalue weighted by molar-refractivity contribution is 0.410. The van der Waals surface area contributed by atoms with E-state index < -0.39 is 0 Å². The van der Waals surface area contributed by atoms with Crippen LogP contribution in [0.4, 0.5) is 0 Å². The zero-order valence-electron chi connectivity index (χ0n) is 8.98. The van der Waals surface area contributed by atoms with Crippen LogP contribution >= 0.6 is 15.9 Å². The number of ether oxygens (including phenoxy) is 1. The second-order valence-corrected chi connectivity index (χ2v) is 3.93. The fourth-order valence-corrected chi connectivity index (χ4v) is 2.23. The number of rotatable bonds is 3. The van der Waals surface area contributed by atoms with E-state index in [0.29, 0.717) is 0 Å². The molecule has 1 heterocycles. The summed E-state index contributed by atoms with van der Waals surface area (Å²) in [6.07, 6.45) is 3.61. The second kappa shape index (κ2) is 5.12. The van der Waals surface area contributed by atoms with Crippen LogP contribution in [0.1, 0.15) is 5.56 Å². The van der Waals surface area contributed by atoms with Crippen LogP contribution in [-0.4, -0.2) is 12.1 Å². The van der Waals surface area contributed by atoms with Crippen LogP contribution in [0.25, 0.3) is 11.1 Å². The van der Waals surface area contributed by atoms with Crippen molar-refractivity contribution in [1.82, 2.24) is 4.98 Å². The topological polar surface area (TPSA) is 22.1 Å². The fourth-order valence-electron chi connectivity index (χ4n) is 1.65. The van der Waals surface area contributed by atoms with E-state index in [2.05, 4.69) is 33.0 Å². The average Bonchev–Trinajstić information content (AvgIpc) is 2.38.